The van der Waals surface area contributed by atoms with Gasteiger partial charge in [-0.05, 0) is 24.8 Å². The van der Waals surface area contributed by atoms with Crippen LogP contribution >= 0.6 is 11.8 Å². The lowest BCUT2D eigenvalue weighted by atomic mass is 9.85. The molecule has 148 valence electrons. The number of hydrogen-bond donors (Lipinski definition) is 1. The third-order valence-corrected chi connectivity index (χ3v) is 5.57. The lowest BCUT2D eigenvalue weighted by Crippen LogP contribution is -2.55. The van der Waals surface area contributed by atoms with Crippen molar-refractivity contribution < 1.29 is 35.9 Å². The number of halogens is 6. The number of nitrogens with one attached hydrogen (secondary N) is 1. The van der Waals surface area contributed by atoms with E-state index < -0.39 is 40.0 Å². The fraction of sp³-hybridized carbons (Fsp3) is 0.500. The normalized spacial score (nSPS) is 26.3. The van der Waals surface area contributed by atoms with Crippen LogP contribution in [0.2, 0.25) is 0 Å². The average Bonchev–Trinajstić information content (AvgIpc) is 2.90. The molecule has 1 fully saturated rings. The summed E-state index contributed by atoms with van der Waals surface area (Å²) in [4.78, 5) is 15.8. The summed E-state index contributed by atoms with van der Waals surface area (Å²) >= 11 is 0.0266. The standard InChI is InChI=1S/C16H14F6N2O2S/c17-15(18,19)14(9-5-2-1-3-6-9)11(12(25)23-10-7-4-8-10)27-13(24-14)26-16(20,21)22/h1-3,5-6,10-11H,4,7-8H2,(H,23,25). The van der Waals surface area contributed by atoms with Crippen LogP contribution in [0.25, 0.3) is 0 Å². The van der Waals surface area contributed by atoms with Gasteiger partial charge in [0.25, 0.3) is 5.23 Å². The van der Waals surface area contributed by atoms with Crippen molar-refractivity contribution in [3.05, 3.63) is 35.9 Å². The van der Waals surface area contributed by atoms with Gasteiger partial charge in [-0.3, -0.25) is 4.79 Å². The fourth-order valence-corrected chi connectivity index (χ4v) is 4.13. The van der Waals surface area contributed by atoms with Crippen molar-refractivity contribution >= 4 is 22.9 Å². The summed E-state index contributed by atoms with van der Waals surface area (Å²) in [6, 6.07) is 5.93. The highest BCUT2D eigenvalue weighted by molar-refractivity contribution is 8.15. The van der Waals surface area contributed by atoms with Gasteiger partial charge in [0.05, 0.1) is 0 Å². The van der Waals surface area contributed by atoms with Crippen molar-refractivity contribution in [3.63, 3.8) is 0 Å². The van der Waals surface area contributed by atoms with Crippen LogP contribution in [-0.4, -0.2) is 35.0 Å². The minimum absolute atomic E-state index is 0.0266. The van der Waals surface area contributed by atoms with Gasteiger partial charge in [0, 0.05) is 6.04 Å². The monoisotopic (exact) mass is 412 g/mol. The topological polar surface area (TPSA) is 50.7 Å². The fourth-order valence-electron chi connectivity index (χ4n) is 2.92. The van der Waals surface area contributed by atoms with Gasteiger partial charge in [-0.15, -0.1) is 13.2 Å². The second-order valence-electron chi connectivity index (χ2n) is 6.19. The van der Waals surface area contributed by atoms with E-state index in [1.807, 2.05) is 0 Å². The summed E-state index contributed by atoms with van der Waals surface area (Å²) in [5.41, 5.74) is -3.60. The summed E-state index contributed by atoms with van der Waals surface area (Å²) in [7, 11) is 0. The summed E-state index contributed by atoms with van der Waals surface area (Å²) < 4.78 is 83.7. The number of ether oxygens (including phenoxy) is 1. The first kappa shape index (κ1) is 19.8. The molecule has 0 bridgehead atoms. The second kappa shape index (κ2) is 6.92. The lowest BCUT2D eigenvalue weighted by Gasteiger charge is -2.35. The van der Waals surface area contributed by atoms with E-state index in [1.165, 1.54) is 18.2 Å². The van der Waals surface area contributed by atoms with Crippen LogP contribution in [0.3, 0.4) is 0 Å². The van der Waals surface area contributed by atoms with E-state index in [4.69, 9.17) is 0 Å². The zero-order valence-corrected chi connectivity index (χ0v) is 14.4. The highest BCUT2D eigenvalue weighted by atomic mass is 32.2. The number of amides is 1. The highest BCUT2D eigenvalue weighted by Gasteiger charge is 2.67. The van der Waals surface area contributed by atoms with Crippen LogP contribution in [-0.2, 0) is 15.1 Å². The van der Waals surface area contributed by atoms with Crippen molar-refractivity contribution in [2.24, 2.45) is 4.99 Å². The number of nitrogens with zero attached hydrogens (tertiary/aromatic N) is 1. The zero-order valence-electron chi connectivity index (χ0n) is 13.6. The maximum atomic E-state index is 14.1. The second-order valence-corrected chi connectivity index (χ2v) is 7.25. The van der Waals surface area contributed by atoms with E-state index in [0.717, 1.165) is 18.6 Å². The van der Waals surface area contributed by atoms with E-state index in [0.29, 0.717) is 12.8 Å². The summed E-state index contributed by atoms with van der Waals surface area (Å²) in [5, 5.41) is -0.744. The lowest BCUT2D eigenvalue weighted by molar-refractivity contribution is -0.282. The highest BCUT2D eigenvalue weighted by Crippen LogP contribution is 2.54. The van der Waals surface area contributed by atoms with E-state index >= 15 is 0 Å². The number of carbonyl (C=O) groups is 1. The van der Waals surface area contributed by atoms with E-state index in [9.17, 15) is 31.1 Å². The molecule has 2 aliphatic rings. The SMILES string of the molecule is O=C(NC1CCC1)C1SC(OC(F)(F)F)=NC1(c1ccccc1)C(F)(F)F. The molecule has 2 atom stereocenters. The molecule has 1 aliphatic carbocycles. The first-order chi connectivity index (χ1) is 12.5. The van der Waals surface area contributed by atoms with Gasteiger partial charge in [-0.2, -0.15) is 13.2 Å². The molecule has 4 nitrogen and oxygen atoms in total. The molecule has 1 N–H and O–H groups in total. The maximum Gasteiger partial charge on any atom is 0.574 e. The Bertz CT molecular complexity index is 733. The maximum absolute atomic E-state index is 14.1. The summed E-state index contributed by atoms with van der Waals surface area (Å²) in [6.45, 7) is 0. The Kier molecular flexibility index (Phi) is 5.08. The van der Waals surface area contributed by atoms with Crippen molar-refractivity contribution in [2.75, 3.05) is 0 Å². The van der Waals surface area contributed by atoms with Crippen LogP contribution in [0, 0.1) is 0 Å². The number of thioether (sulfide) groups is 1. The first-order valence-electron chi connectivity index (χ1n) is 7.98. The number of alkyl halides is 6. The summed E-state index contributed by atoms with van der Waals surface area (Å²) in [6.07, 6.45) is -8.30. The molecule has 0 spiro atoms. The molecule has 1 saturated carbocycles. The van der Waals surface area contributed by atoms with Gasteiger partial charge in [0.1, 0.15) is 5.25 Å². The molecular formula is C16H14F6N2O2S. The molecule has 11 heteroatoms. The Morgan fingerprint density at radius 1 is 1.15 bits per heavy atom. The van der Waals surface area contributed by atoms with Gasteiger partial charge >= 0.3 is 12.5 Å². The number of carbonyl (C=O) groups excluding carboxylic acids is 1. The van der Waals surface area contributed by atoms with Crippen molar-refractivity contribution in [1.29, 1.82) is 0 Å². The minimum atomic E-state index is -5.22. The Morgan fingerprint density at radius 3 is 2.26 bits per heavy atom. The van der Waals surface area contributed by atoms with Crippen molar-refractivity contribution in [1.82, 2.24) is 5.32 Å². The van der Waals surface area contributed by atoms with E-state index in [2.05, 4.69) is 15.0 Å². The number of hydrogen-bond acceptors (Lipinski definition) is 4. The number of rotatable bonds is 3. The Hall–Kier alpha value is -1.91. The molecule has 1 aromatic rings. The van der Waals surface area contributed by atoms with E-state index in [-0.39, 0.29) is 17.8 Å². The quantitative estimate of drug-likeness (QED) is 0.760. The van der Waals surface area contributed by atoms with Crippen LogP contribution in [0.15, 0.2) is 35.3 Å². The van der Waals surface area contributed by atoms with Gasteiger partial charge < -0.3 is 10.1 Å². The molecule has 2 unspecified atom stereocenters. The third kappa shape index (κ3) is 3.87. The van der Waals surface area contributed by atoms with Crippen molar-refractivity contribution in [2.45, 2.75) is 48.6 Å². The molecule has 0 saturated heterocycles. The molecular weight excluding hydrogens is 398 g/mol. The van der Waals surface area contributed by atoms with Gasteiger partial charge in [0.2, 0.25) is 11.4 Å². The molecule has 1 heterocycles. The van der Waals surface area contributed by atoms with Crippen LogP contribution in [0.1, 0.15) is 24.8 Å². The molecule has 0 aromatic heterocycles. The Labute approximate surface area is 154 Å². The molecule has 3 rings (SSSR count). The van der Waals surface area contributed by atoms with E-state index in [1.54, 1.807) is 0 Å². The number of benzene rings is 1. The molecule has 1 aromatic carbocycles. The van der Waals surface area contributed by atoms with Gasteiger partial charge in [-0.25, -0.2) is 4.99 Å². The number of aliphatic imine (C=N–C) groups is 1. The molecule has 0 radical (unpaired) electrons. The minimum Gasteiger partial charge on any atom is -0.382 e. The molecule has 27 heavy (non-hydrogen) atoms. The Balaban J connectivity index is 2.05. The van der Waals surface area contributed by atoms with Crippen LogP contribution in [0.5, 0.6) is 0 Å². The first-order valence-corrected chi connectivity index (χ1v) is 8.86. The van der Waals surface area contributed by atoms with Gasteiger partial charge in [-0.1, -0.05) is 42.1 Å². The van der Waals surface area contributed by atoms with Gasteiger partial charge in [0.15, 0.2) is 0 Å². The Morgan fingerprint density at radius 2 is 1.78 bits per heavy atom. The third-order valence-electron chi connectivity index (χ3n) is 4.40. The molecule has 1 aliphatic heterocycles. The largest absolute Gasteiger partial charge is 0.574 e. The predicted octanol–water partition coefficient (Wildman–Crippen LogP) is 4.12. The molecule has 1 amide bonds. The van der Waals surface area contributed by atoms with Crippen molar-refractivity contribution in [3.8, 4) is 0 Å². The predicted molar refractivity (Wildman–Crippen MR) is 85.9 cm³/mol. The van der Waals surface area contributed by atoms with Crippen LogP contribution in [0.4, 0.5) is 26.3 Å². The zero-order chi connectivity index (χ0) is 19.9. The smallest absolute Gasteiger partial charge is 0.382 e. The van der Waals surface area contributed by atoms with Crippen LogP contribution < -0.4 is 5.32 Å². The summed E-state index contributed by atoms with van der Waals surface area (Å²) in [5.74, 6) is -1.02. The average molecular weight is 412 g/mol.